The van der Waals surface area contributed by atoms with Crippen molar-refractivity contribution in [2.45, 2.75) is 51.7 Å². The van der Waals surface area contributed by atoms with Gasteiger partial charge in [-0.2, -0.15) is 0 Å². The van der Waals surface area contributed by atoms with Gasteiger partial charge in [0.05, 0.1) is 6.61 Å². The first-order chi connectivity index (χ1) is 14.4. The van der Waals surface area contributed by atoms with Crippen LogP contribution in [0.2, 0.25) is 0 Å². The van der Waals surface area contributed by atoms with E-state index in [1.165, 1.54) is 0 Å². The number of ether oxygens (including phenoxy) is 2. The van der Waals surface area contributed by atoms with E-state index < -0.39 is 6.10 Å². The molecule has 0 bridgehead atoms. The maximum absolute atomic E-state index is 11.8. The summed E-state index contributed by atoms with van der Waals surface area (Å²) in [4.78, 5) is 25.5. The molecule has 0 aliphatic carbocycles. The first kappa shape index (κ1) is 22.4. The zero-order valence-electron chi connectivity index (χ0n) is 17.9. The molecule has 3 N–H and O–H groups in total. The van der Waals surface area contributed by atoms with Crippen molar-refractivity contribution in [1.29, 1.82) is 0 Å². The van der Waals surface area contributed by atoms with Crippen molar-refractivity contribution in [3.05, 3.63) is 23.8 Å². The van der Waals surface area contributed by atoms with Crippen molar-refractivity contribution in [2.24, 2.45) is 5.92 Å². The van der Waals surface area contributed by atoms with Gasteiger partial charge >= 0.3 is 6.09 Å². The van der Waals surface area contributed by atoms with Crippen molar-refractivity contribution >= 4 is 17.7 Å². The van der Waals surface area contributed by atoms with Crippen LogP contribution in [0.5, 0.6) is 5.75 Å². The van der Waals surface area contributed by atoms with Crippen molar-refractivity contribution in [3.63, 3.8) is 0 Å². The van der Waals surface area contributed by atoms with Gasteiger partial charge in [-0.15, -0.1) is 0 Å². The Bertz CT molecular complexity index is 731. The number of carbonyl (C=O) groups excluding carboxylic acids is 2. The first-order valence-electron chi connectivity index (χ1n) is 10.8. The molecular formula is C22H33N3O5. The summed E-state index contributed by atoms with van der Waals surface area (Å²) in [5.74, 6) is 1.06. The molecule has 0 spiro atoms. The van der Waals surface area contributed by atoms with Gasteiger partial charge in [0.2, 0.25) is 5.91 Å². The number of amides is 2. The average Bonchev–Trinajstić information content (AvgIpc) is 2.72. The number of hydrogen-bond acceptors (Lipinski definition) is 6. The summed E-state index contributed by atoms with van der Waals surface area (Å²) < 4.78 is 11.0. The minimum atomic E-state index is -0.612. The lowest BCUT2D eigenvalue weighted by Gasteiger charge is -2.33. The second kappa shape index (κ2) is 10.6. The summed E-state index contributed by atoms with van der Waals surface area (Å²) in [6.07, 6.45) is 1.79. The molecule has 3 rings (SSSR count). The Kier molecular flexibility index (Phi) is 7.93. The molecular weight excluding hydrogens is 386 g/mol. The SMILES string of the molecule is CC(C)COC(=O)NC1CCN(C[C@@H](O)COc2cccc3c2CCC(=O)N3)CC1. The number of nitrogens with zero attached hydrogens (tertiary/aromatic N) is 1. The lowest BCUT2D eigenvalue weighted by Crippen LogP contribution is -2.47. The summed E-state index contributed by atoms with van der Waals surface area (Å²) in [6, 6.07) is 5.70. The van der Waals surface area contributed by atoms with Gasteiger partial charge in [-0.3, -0.25) is 4.79 Å². The molecule has 166 valence electrons. The number of piperidine rings is 1. The normalized spacial score (nSPS) is 18.5. The fourth-order valence-electron chi connectivity index (χ4n) is 3.77. The van der Waals surface area contributed by atoms with Crippen LogP contribution in [0.1, 0.15) is 38.7 Å². The molecule has 1 saturated heterocycles. The van der Waals surface area contributed by atoms with Crippen LogP contribution in [0.15, 0.2) is 18.2 Å². The van der Waals surface area contributed by atoms with E-state index in [2.05, 4.69) is 15.5 Å². The van der Waals surface area contributed by atoms with Crippen LogP contribution >= 0.6 is 0 Å². The monoisotopic (exact) mass is 419 g/mol. The van der Waals surface area contributed by atoms with Crippen LogP contribution in [0.4, 0.5) is 10.5 Å². The third-order valence-corrected chi connectivity index (χ3v) is 5.37. The first-order valence-corrected chi connectivity index (χ1v) is 10.8. The average molecular weight is 420 g/mol. The molecule has 30 heavy (non-hydrogen) atoms. The Labute approximate surface area is 177 Å². The van der Waals surface area contributed by atoms with Gasteiger partial charge in [0.15, 0.2) is 0 Å². The standard InChI is InChI=1S/C22H33N3O5/c1-15(2)13-30-22(28)23-16-8-10-25(11-9-16)12-17(26)14-29-20-5-3-4-19-18(20)6-7-21(27)24-19/h3-5,15-17,26H,6-14H2,1-2H3,(H,23,28)(H,24,27)/t17-/m1/s1. The second-order valence-electron chi connectivity index (χ2n) is 8.51. The molecule has 1 atom stereocenters. The predicted molar refractivity (Wildman–Crippen MR) is 114 cm³/mol. The maximum Gasteiger partial charge on any atom is 0.407 e. The number of aliphatic hydroxyl groups excluding tert-OH is 1. The second-order valence-corrected chi connectivity index (χ2v) is 8.51. The molecule has 2 aliphatic rings. The quantitative estimate of drug-likeness (QED) is 0.597. The summed E-state index contributed by atoms with van der Waals surface area (Å²) >= 11 is 0. The third-order valence-electron chi connectivity index (χ3n) is 5.37. The summed E-state index contributed by atoms with van der Waals surface area (Å²) in [5.41, 5.74) is 1.78. The molecule has 8 nitrogen and oxygen atoms in total. The molecule has 1 aromatic carbocycles. The van der Waals surface area contributed by atoms with E-state index in [1.807, 2.05) is 32.0 Å². The highest BCUT2D eigenvalue weighted by molar-refractivity contribution is 5.94. The van der Waals surface area contributed by atoms with Gasteiger partial charge in [-0.1, -0.05) is 19.9 Å². The maximum atomic E-state index is 11.8. The Morgan fingerprint density at radius 1 is 1.27 bits per heavy atom. The van der Waals surface area contributed by atoms with E-state index >= 15 is 0 Å². The molecule has 8 heteroatoms. The molecule has 0 radical (unpaired) electrons. The molecule has 1 aromatic rings. The minimum absolute atomic E-state index is 0.0192. The number of likely N-dealkylation sites (tertiary alicyclic amines) is 1. The van der Waals surface area contributed by atoms with Gasteiger partial charge in [0.25, 0.3) is 0 Å². The van der Waals surface area contributed by atoms with Gasteiger partial charge in [-0.25, -0.2) is 4.79 Å². The summed E-state index contributed by atoms with van der Waals surface area (Å²) in [6.45, 7) is 6.77. The molecule has 2 heterocycles. The lowest BCUT2D eigenvalue weighted by molar-refractivity contribution is -0.116. The molecule has 0 saturated carbocycles. The zero-order valence-corrected chi connectivity index (χ0v) is 17.9. The van der Waals surface area contributed by atoms with Crippen LogP contribution in [0.25, 0.3) is 0 Å². The molecule has 2 amide bonds. The molecule has 0 aromatic heterocycles. The number of carbonyl (C=O) groups is 2. The third kappa shape index (κ3) is 6.60. The number of nitrogens with one attached hydrogen (secondary N) is 2. The van der Waals surface area contributed by atoms with Crippen LogP contribution in [0.3, 0.4) is 0 Å². The molecule has 1 fully saturated rings. The van der Waals surface area contributed by atoms with E-state index in [9.17, 15) is 14.7 Å². The zero-order chi connectivity index (χ0) is 21.5. The fraction of sp³-hybridized carbons (Fsp3) is 0.636. The number of anilines is 1. The number of rotatable bonds is 8. The van der Waals surface area contributed by atoms with Crippen LogP contribution in [-0.4, -0.2) is 67.0 Å². The van der Waals surface area contributed by atoms with Crippen LogP contribution in [-0.2, 0) is 16.0 Å². The predicted octanol–water partition coefficient (Wildman–Crippen LogP) is 2.16. The molecule has 0 unspecified atom stereocenters. The van der Waals surface area contributed by atoms with Crippen molar-refractivity contribution in [3.8, 4) is 5.75 Å². The number of alkyl carbamates (subject to hydrolysis) is 1. The number of aliphatic hydroxyl groups is 1. The smallest absolute Gasteiger partial charge is 0.407 e. The van der Waals surface area contributed by atoms with E-state index in [0.29, 0.717) is 31.9 Å². The van der Waals surface area contributed by atoms with E-state index in [1.54, 1.807) is 0 Å². The van der Waals surface area contributed by atoms with Gasteiger partial charge in [-0.05, 0) is 37.3 Å². The number of β-amino-alcohol motifs (C(OH)–C–C–N with tert-alkyl or cyclic N) is 1. The van der Waals surface area contributed by atoms with Crippen molar-refractivity contribution in [1.82, 2.24) is 10.2 Å². The Morgan fingerprint density at radius 2 is 2.03 bits per heavy atom. The number of benzene rings is 1. The Morgan fingerprint density at radius 3 is 2.77 bits per heavy atom. The minimum Gasteiger partial charge on any atom is -0.490 e. The van der Waals surface area contributed by atoms with Gasteiger partial charge in [0, 0.05) is 43.3 Å². The van der Waals surface area contributed by atoms with E-state index in [0.717, 1.165) is 42.9 Å². The van der Waals surface area contributed by atoms with E-state index in [-0.39, 0.29) is 24.6 Å². The lowest BCUT2D eigenvalue weighted by atomic mass is 10.0. The summed E-state index contributed by atoms with van der Waals surface area (Å²) in [5, 5.41) is 16.2. The number of hydrogen-bond donors (Lipinski definition) is 3. The number of fused-ring (bicyclic) bond motifs is 1. The largest absolute Gasteiger partial charge is 0.490 e. The van der Waals surface area contributed by atoms with Crippen LogP contribution in [0, 0.1) is 5.92 Å². The van der Waals surface area contributed by atoms with Gasteiger partial charge in [0.1, 0.15) is 18.5 Å². The van der Waals surface area contributed by atoms with Crippen molar-refractivity contribution in [2.75, 3.05) is 38.2 Å². The highest BCUT2D eigenvalue weighted by atomic mass is 16.5. The van der Waals surface area contributed by atoms with E-state index in [4.69, 9.17) is 9.47 Å². The molecule has 2 aliphatic heterocycles. The van der Waals surface area contributed by atoms with Crippen molar-refractivity contribution < 1.29 is 24.2 Å². The van der Waals surface area contributed by atoms with Crippen LogP contribution < -0.4 is 15.4 Å². The Balaban J connectivity index is 1.38. The topological polar surface area (TPSA) is 100 Å². The Hall–Kier alpha value is -2.32. The highest BCUT2D eigenvalue weighted by Gasteiger charge is 2.24. The summed E-state index contributed by atoms with van der Waals surface area (Å²) in [7, 11) is 0. The highest BCUT2D eigenvalue weighted by Crippen LogP contribution is 2.31. The fourth-order valence-corrected chi connectivity index (χ4v) is 3.77. The van der Waals surface area contributed by atoms with Gasteiger partial charge < -0.3 is 30.1 Å².